The summed E-state index contributed by atoms with van der Waals surface area (Å²) < 4.78 is 7.34. The molecule has 1 aromatic heterocycles. The molecule has 1 saturated heterocycles. The van der Waals surface area contributed by atoms with Crippen LogP contribution < -0.4 is 10.2 Å². The van der Waals surface area contributed by atoms with Gasteiger partial charge >= 0.3 is 0 Å². The number of benzene rings is 2. The van der Waals surface area contributed by atoms with Crippen molar-refractivity contribution in [1.82, 2.24) is 20.2 Å². The number of hydrogen-bond donors (Lipinski definition) is 1. The summed E-state index contributed by atoms with van der Waals surface area (Å²) in [6, 6.07) is 14.6. The largest absolute Gasteiger partial charge is 0.492 e. The fourth-order valence-electron chi connectivity index (χ4n) is 3.40. The van der Waals surface area contributed by atoms with Gasteiger partial charge in [0.25, 0.3) is 5.91 Å². The molecular formula is C21H20Cl2N4O2. The lowest BCUT2D eigenvalue weighted by atomic mass is 10.1. The van der Waals surface area contributed by atoms with E-state index in [0.29, 0.717) is 21.5 Å². The molecule has 150 valence electrons. The summed E-state index contributed by atoms with van der Waals surface area (Å²) in [5, 5.41) is 7.75. The highest BCUT2D eigenvalue weighted by Crippen LogP contribution is 2.36. The minimum Gasteiger partial charge on any atom is -0.492 e. The number of nitrogens with one attached hydrogen (secondary N) is 1. The number of hydrogen-bond acceptors (Lipinski definition) is 4. The molecule has 0 spiro atoms. The lowest BCUT2D eigenvalue weighted by molar-refractivity contribution is 0.0817. The van der Waals surface area contributed by atoms with Crippen LogP contribution in [0.25, 0.3) is 16.9 Å². The van der Waals surface area contributed by atoms with Crippen LogP contribution in [0.2, 0.25) is 10.0 Å². The van der Waals surface area contributed by atoms with Gasteiger partial charge in [0.05, 0.1) is 12.8 Å². The number of nitrogens with zero attached hydrogens (tertiary/aromatic N) is 3. The van der Waals surface area contributed by atoms with E-state index in [2.05, 4.69) is 10.5 Å². The normalized spacial score (nSPS) is 14.2. The first-order valence-corrected chi connectivity index (χ1v) is 10.1. The maximum absolute atomic E-state index is 13.0. The quantitative estimate of drug-likeness (QED) is 0.642. The van der Waals surface area contributed by atoms with Crippen molar-refractivity contribution < 1.29 is 9.53 Å². The van der Waals surface area contributed by atoms with E-state index in [1.807, 2.05) is 29.3 Å². The number of aromatic nitrogens is 2. The van der Waals surface area contributed by atoms with Crippen molar-refractivity contribution in [2.75, 3.05) is 20.2 Å². The van der Waals surface area contributed by atoms with E-state index in [0.717, 1.165) is 37.2 Å². The maximum Gasteiger partial charge on any atom is 0.289 e. The van der Waals surface area contributed by atoms with Crippen LogP contribution in [-0.2, 0) is 0 Å². The molecule has 0 radical (unpaired) electrons. The Morgan fingerprint density at radius 2 is 1.59 bits per heavy atom. The Hall–Kier alpha value is -2.54. The van der Waals surface area contributed by atoms with Gasteiger partial charge < -0.3 is 4.74 Å². The van der Waals surface area contributed by atoms with Gasteiger partial charge in [0.1, 0.15) is 5.69 Å². The highest BCUT2D eigenvalue weighted by Gasteiger charge is 2.27. The number of ether oxygens (including phenoxy) is 1. The predicted octanol–water partition coefficient (Wildman–Crippen LogP) is 4.60. The van der Waals surface area contributed by atoms with Crippen LogP contribution in [-0.4, -0.2) is 40.9 Å². The second-order valence-corrected chi connectivity index (χ2v) is 7.63. The van der Waals surface area contributed by atoms with Crippen molar-refractivity contribution in [2.45, 2.75) is 12.8 Å². The van der Waals surface area contributed by atoms with Crippen molar-refractivity contribution >= 4 is 29.1 Å². The number of carbonyl (C=O) groups excluding carboxylic acids is 1. The minimum absolute atomic E-state index is 0.222. The zero-order chi connectivity index (χ0) is 20.4. The standard InChI is InChI=1S/C21H20Cl2N4O2/c1-29-20-18(21(28)25-26-12-2-3-13-26)24-27(17-10-8-16(23)9-11-17)19(20)14-4-6-15(22)7-5-14/h4-11H,2-3,12-13H2,1H3,(H,25,28). The first kappa shape index (κ1) is 19.8. The first-order chi connectivity index (χ1) is 14.1. The van der Waals surface area contributed by atoms with Gasteiger partial charge in [0.15, 0.2) is 11.4 Å². The van der Waals surface area contributed by atoms with E-state index >= 15 is 0 Å². The molecule has 1 amide bonds. The van der Waals surface area contributed by atoms with Crippen molar-refractivity contribution in [3.05, 3.63) is 64.3 Å². The van der Waals surface area contributed by atoms with Gasteiger partial charge in [-0.2, -0.15) is 5.10 Å². The third-order valence-corrected chi connectivity index (χ3v) is 5.32. The molecule has 0 atom stereocenters. The van der Waals surface area contributed by atoms with E-state index in [9.17, 15) is 4.79 Å². The van der Waals surface area contributed by atoms with E-state index < -0.39 is 0 Å². The summed E-state index contributed by atoms with van der Waals surface area (Å²) in [7, 11) is 1.54. The van der Waals surface area contributed by atoms with Gasteiger partial charge in [0.2, 0.25) is 0 Å². The second kappa shape index (κ2) is 8.45. The Bertz CT molecular complexity index is 1010. The van der Waals surface area contributed by atoms with Gasteiger partial charge in [-0.15, -0.1) is 0 Å². The molecule has 0 bridgehead atoms. The topological polar surface area (TPSA) is 59.4 Å². The fourth-order valence-corrected chi connectivity index (χ4v) is 3.65. The fraction of sp³-hybridized carbons (Fsp3) is 0.238. The van der Waals surface area contributed by atoms with Crippen LogP contribution in [0.3, 0.4) is 0 Å². The number of rotatable bonds is 5. The molecule has 0 unspecified atom stereocenters. The molecule has 1 fully saturated rings. The van der Waals surface area contributed by atoms with Crippen molar-refractivity contribution in [2.24, 2.45) is 0 Å². The Morgan fingerprint density at radius 3 is 2.17 bits per heavy atom. The van der Waals surface area contributed by atoms with Gasteiger partial charge in [-0.3, -0.25) is 10.2 Å². The maximum atomic E-state index is 13.0. The molecule has 2 heterocycles. The zero-order valence-electron chi connectivity index (χ0n) is 15.9. The van der Waals surface area contributed by atoms with Crippen LogP contribution in [0.15, 0.2) is 48.5 Å². The third kappa shape index (κ3) is 4.10. The van der Waals surface area contributed by atoms with Crippen molar-refractivity contribution in [3.63, 3.8) is 0 Å². The van der Waals surface area contributed by atoms with Crippen molar-refractivity contribution in [1.29, 1.82) is 0 Å². The molecule has 29 heavy (non-hydrogen) atoms. The van der Waals surface area contributed by atoms with E-state index in [4.69, 9.17) is 27.9 Å². The molecular weight excluding hydrogens is 411 g/mol. The summed E-state index contributed by atoms with van der Waals surface area (Å²) in [6.45, 7) is 1.66. The first-order valence-electron chi connectivity index (χ1n) is 9.31. The molecule has 0 aliphatic carbocycles. The Balaban J connectivity index is 1.83. The average molecular weight is 431 g/mol. The highest BCUT2D eigenvalue weighted by molar-refractivity contribution is 6.30. The number of halogens is 2. The van der Waals surface area contributed by atoms with Gasteiger partial charge in [-0.1, -0.05) is 35.3 Å². The highest BCUT2D eigenvalue weighted by atomic mass is 35.5. The summed E-state index contributed by atoms with van der Waals surface area (Å²) in [4.78, 5) is 13.0. The number of carbonyl (C=O) groups is 1. The number of methoxy groups -OCH3 is 1. The number of amides is 1. The molecule has 2 aromatic carbocycles. The molecule has 3 aromatic rings. The Morgan fingerprint density at radius 1 is 1.00 bits per heavy atom. The zero-order valence-corrected chi connectivity index (χ0v) is 17.4. The SMILES string of the molecule is COc1c(C(=O)NN2CCCC2)nn(-c2ccc(Cl)cc2)c1-c1ccc(Cl)cc1. The van der Waals surface area contributed by atoms with Crippen LogP contribution in [0.5, 0.6) is 5.75 Å². The number of hydrazine groups is 1. The predicted molar refractivity (Wildman–Crippen MR) is 114 cm³/mol. The van der Waals surface area contributed by atoms with E-state index in [1.54, 1.807) is 28.9 Å². The lowest BCUT2D eigenvalue weighted by Crippen LogP contribution is -2.40. The van der Waals surface area contributed by atoms with Crippen LogP contribution in [0.4, 0.5) is 0 Å². The lowest BCUT2D eigenvalue weighted by Gasteiger charge is -2.15. The molecule has 1 aliphatic heterocycles. The van der Waals surface area contributed by atoms with E-state index in [1.165, 1.54) is 7.11 Å². The van der Waals surface area contributed by atoms with Crippen molar-refractivity contribution in [3.8, 4) is 22.7 Å². The molecule has 1 N–H and O–H groups in total. The molecule has 8 heteroatoms. The Labute approximate surface area is 178 Å². The summed E-state index contributed by atoms with van der Waals surface area (Å²) in [5.74, 6) is 0.102. The second-order valence-electron chi connectivity index (χ2n) is 6.76. The third-order valence-electron chi connectivity index (χ3n) is 4.82. The summed E-state index contributed by atoms with van der Waals surface area (Å²) >= 11 is 12.1. The molecule has 4 rings (SSSR count). The van der Waals surface area contributed by atoms with Gasteiger partial charge in [0, 0.05) is 28.7 Å². The monoisotopic (exact) mass is 430 g/mol. The van der Waals surface area contributed by atoms with Crippen LogP contribution >= 0.6 is 23.2 Å². The molecule has 6 nitrogen and oxygen atoms in total. The van der Waals surface area contributed by atoms with E-state index in [-0.39, 0.29) is 11.6 Å². The van der Waals surface area contributed by atoms with Gasteiger partial charge in [-0.25, -0.2) is 9.69 Å². The summed E-state index contributed by atoms with van der Waals surface area (Å²) in [5.41, 5.74) is 5.40. The summed E-state index contributed by atoms with van der Waals surface area (Å²) in [6.07, 6.45) is 2.12. The molecule has 0 saturated carbocycles. The van der Waals surface area contributed by atoms with Crippen LogP contribution in [0, 0.1) is 0 Å². The van der Waals surface area contributed by atoms with Crippen LogP contribution in [0.1, 0.15) is 23.3 Å². The van der Waals surface area contributed by atoms with Gasteiger partial charge in [-0.05, 0) is 49.2 Å². The smallest absolute Gasteiger partial charge is 0.289 e. The molecule has 1 aliphatic rings. The Kier molecular flexibility index (Phi) is 5.76. The average Bonchev–Trinajstić information content (AvgIpc) is 3.36. The minimum atomic E-state index is -0.299.